The van der Waals surface area contributed by atoms with Crippen LogP contribution in [0.5, 0.6) is 0 Å². The lowest BCUT2D eigenvalue weighted by Crippen LogP contribution is -2.51. The molecule has 0 bridgehead atoms. The molecule has 2 aliphatic rings. The van der Waals surface area contributed by atoms with Gasteiger partial charge in [0.2, 0.25) is 15.9 Å². The molecule has 2 fully saturated rings. The molecule has 47 heavy (non-hydrogen) atoms. The van der Waals surface area contributed by atoms with Crippen LogP contribution < -0.4 is 5.32 Å². The molecule has 2 aliphatic heterocycles. The molecule has 11 nitrogen and oxygen atoms in total. The van der Waals surface area contributed by atoms with Gasteiger partial charge in [-0.1, -0.05) is 6.07 Å². The number of sulfonamides is 1. The first-order valence-corrected chi connectivity index (χ1v) is 18.0. The summed E-state index contributed by atoms with van der Waals surface area (Å²) in [5.74, 6) is 0.403. The predicted octanol–water partition coefficient (Wildman–Crippen LogP) is 4.11. The summed E-state index contributed by atoms with van der Waals surface area (Å²) in [4.78, 5) is 26.4. The third-order valence-corrected chi connectivity index (χ3v) is 11.4. The van der Waals surface area contributed by atoms with Gasteiger partial charge in [-0.05, 0) is 49.1 Å². The number of anilines is 1. The van der Waals surface area contributed by atoms with E-state index < -0.39 is 22.6 Å². The standard InChI is InChI=1S/C31H35F3N8O3S2/c1-20-21(3-4-27-25(20)13-23(16-35)42(27)18-28(43)40-9-11-41(12-10-40)47(2,44)45)17-39-7-5-22(6-8-39)38-29-26-14-24(15-31(32,33)34)46-30(26)37-19-36-29/h3-4,13-14,19,22H,5-12,15,17-18H2,1-2H3,(H,36,37,38). The number of amides is 1. The second-order valence-electron chi connectivity index (χ2n) is 12.2. The van der Waals surface area contributed by atoms with Gasteiger partial charge in [0.1, 0.15) is 35.3 Å². The summed E-state index contributed by atoms with van der Waals surface area (Å²) < 4.78 is 65.6. The van der Waals surface area contributed by atoms with Gasteiger partial charge in [0.15, 0.2) is 0 Å². The largest absolute Gasteiger partial charge is 0.393 e. The Labute approximate surface area is 274 Å². The van der Waals surface area contributed by atoms with Crippen molar-refractivity contribution < 1.29 is 26.4 Å². The average Bonchev–Trinajstić information content (AvgIpc) is 3.59. The maximum Gasteiger partial charge on any atom is 0.393 e. The van der Waals surface area contributed by atoms with E-state index in [4.69, 9.17) is 0 Å². The smallest absolute Gasteiger partial charge is 0.367 e. The molecule has 0 radical (unpaired) electrons. The van der Waals surface area contributed by atoms with Crippen LogP contribution in [0.1, 0.15) is 34.5 Å². The Morgan fingerprint density at radius 3 is 2.47 bits per heavy atom. The van der Waals surface area contributed by atoms with Crippen LogP contribution in [0, 0.1) is 18.3 Å². The summed E-state index contributed by atoms with van der Waals surface area (Å²) in [5, 5.41) is 14.9. The normalized spacial score (nSPS) is 17.4. The van der Waals surface area contributed by atoms with Crippen LogP contribution in [-0.2, 0) is 34.3 Å². The van der Waals surface area contributed by atoms with Gasteiger partial charge in [0.05, 0.1) is 18.1 Å². The Morgan fingerprint density at radius 1 is 1.09 bits per heavy atom. The van der Waals surface area contributed by atoms with Crippen molar-refractivity contribution in [3.63, 3.8) is 0 Å². The first-order valence-electron chi connectivity index (χ1n) is 15.3. The molecule has 0 aliphatic carbocycles. The van der Waals surface area contributed by atoms with E-state index in [1.807, 2.05) is 25.1 Å². The van der Waals surface area contributed by atoms with Crippen molar-refractivity contribution in [1.29, 1.82) is 5.26 Å². The molecule has 1 amide bonds. The van der Waals surface area contributed by atoms with E-state index in [-0.39, 0.29) is 36.5 Å². The Morgan fingerprint density at radius 2 is 1.81 bits per heavy atom. The molecule has 0 spiro atoms. The molecule has 5 heterocycles. The van der Waals surface area contributed by atoms with Crippen molar-refractivity contribution in [3.05, 3.63) is 52.3 Å². The second-order valence-corrected chi connectivity index (χ2v) is 15.3. The van der Waals surface area contributed by atoms with Crippen molar-refractivity contribution in [2.75, 3.05) is 50.8 Å². The maximum absolute atomic E-state index is 13.2. The monoisotopic (exact) mass is 688 g/mol. The lowest BCUT2D eigenvalue weighted by Gasteiger charge is -2.33. The number of halogens is 3. The highest BCUT2D eigenvalue weighted by atomic mass is 32.2. The number of aryl methyl sites for hydroxylation is 1. The fourth-order valence-electron chi connectivity index (χ4n) is 6.43. The molecule has 0 atom stereocenters. The molecule has 6 rings (SSSR count). The highest BCUT2D eigenvalue weighted by molar-refractivity contribution is 7.88. The van der Waals surface area contributed by atoms with E-state index in [1.54, 1.807) is 9.47 Å². The fourth-order valence-corrected chi connectivity index (χ4v) is 8.29. The number of nitriles is 1. The van der Waals surface area contributed by atoms with Crippen LogP contribution >= 0.6 is 11.3 Å². The van der Waals surface area contributed by atoms with Crippen molar-refractivity contribution in [1.82, 2.24) is 28.6 Å². The average molecular weight is 689 g/mol. The van der Waals surface area contributed by atoms with Gasteiger partial charge in [0.25, 0.3) is 0 Å². The predicted molar refractivity (Wildman–Crippen MR) is 173 cm³/mol. The van der Waals surface area contributed by atoms with Gasteiger partial charge in [-0.2, -0.15) is 22.7 Å². The number of benzene rings is 1. The van der Waals surface area contributed by atoms with Crippen molar-refractivity contribution in [2.24, 2.45) is 0 Å². The van der Waals surface area contributed by atoms with E-state index in [2.05, 4.69) is 26.3 Å². The van der Waals surface area contributed by atoms with Gasteiger partial charge < -0.3 is 14.8 Å². The van der Waals surface area contributed by atoms with Crippen molar-refractivity contribution in [2.45, 2.75) is 51.5 Å². The van der Waals surface area contributed by atoms with Crippen LogP contribution in [0.15, 0.2) is 30.6 Å². The SMILES string of the molecule is Cc1c(CN2CCC(Nc3ncnc4sc(CC(F)(F)F)cc34)CC2)ccc2c1cc(C#N)n2CC(=O)N1CCN(S(C)(=O)=O)CC1. The Bertz CT molecular complexity index is 1950. The first kappa shape index (κ1) is 33.1. The number of piperidine rings is 1. The number of carbonyl (C=O) groups excluding carboxylic acids is 1. The van der Waals surface area contributed by atoms with Gasteiger partial charge in [-0.3, -0.25) is 9.69 Å². The Hall–Kier alpha value is -3.78. The van der Waals surface area contributed by atoms with E-state index in [0.717, 1.165) is 59.3 Å². The number of hydrogen-bond donors (Lipinski definition) is 1. The molecule has 3 aromatic heterocycles. The van der Waals surface area contributed by atoms with Crippen LogP contribution in [-0.4, -0.2) is 101 Å². The molecule has 250 valence electrons. The van der Waals surface area contributed by atoms with Gasteiger partial charge in [-0.25, -0.2) is 18.4 Å². The molecule has 0 saturated carbocycles. The van der Waals surface area contributed by atoms with E-state index in [0.29, 0.717) is 41.4 Å². The van der Waals surface area contributed by atoms with Gasteiger partial charge >= 0.3 is 6.18 Å². The summed E-state index contributed by atoms with van der Waals surface area (Å²) in [6.07, 6.45) is -1.04. The molecular weight excluding hydrogens is 654 g/mol. The zero-order valence-electron chi connectivity index (χ0n) is 26.0. The van der Waals surface area contributed by atoms with Gasteiger partial charge in [-0.15, -0.1) is 11.3 Å². The second kappa shape index (κ2) is 13.0. The number of hydrogen-bond acceptors (Lipinski definition) is 9. The summed E-state index contributed by atoms with van der Waals surface area (Å²) >= 11 is 1.04. The van der Waals surface area contributed by atoms with Gasteiger partial charge in [0, 0.05) is 67.6 Å². The number of likely N-dealkylation sites (tertiary alicyclic amines) is 1. The number of nitrogens with one attached hydrogen (secondary N) is 1. The van der Waals surface area contributed by atoms with Crippen LogP contribution in [0.2, 0.25) is 0 Å². The van der Waals surface area contributed by atoms with Crippen LogP contribution in [0.3, 0.4) is 0 Å². The number of alkyl halides is 3. The van der Waals surface area contributed by atoms with Crippen LogP contribution in [0.4, 0.5) is 19.0 Å². The minimum absolute atomic E-state index is 0.00176. The third kappa shape index (κ3) is 7.38. The summed E-state index contributed by atoms with van der Waals surface area (Å²) in [5.41, 5.74) is 3.37. The van der Waals surface area contributed by atoms with Crippen molar-refractivity contribution in [3.8, 4) is 6.07 Å². The number of piperazine rings is 1. The number of nitrogens with zero attached hydrogens (tertiary/aromatic N) is 7. The number of thiophene rings is 1. The highest BCUT2D eigenvalue weighted by Gasteiger charge is 2.30. The summed E-state index contributed by atoms with van der Waals surface area (Å²) in [6.45, 7) is 5.50. The van der Waals surface area contributed by atoms with E-state index >= 15 is 0 Å². The molecule has 0 unspecified atom stereocenters. The number of carbonyl (C=O) groups is 1. The zero-order chi connectivity index (χ0) is 33.5. The lowest BCUT2D eigenvalue weighted by atomic mass is 10.0. The molecular formula is C31H35F3N8O3S2. The van der Waals surface area contributed by atoms with Crippen LogP contribution in [0.25, 0.3) is 21.1 Å². The van der Waals surface area contributed by atoms with E-state index in [1.165, 1.54) is 23.0 Å². The summed E-state index contributed by atoms with van der Waals surface area (Å²) in [7, 11) is -3.30. The molecule has 4 aromatic rings. The molecule has 1 aromatic carbocycles. The third-order valence-electron chi connectivity index (χ3n) is 9.01. The zero-order valence-corrected chi connectivity index (χ0v) is 27.7. The quantitative estimate of drug-likeness (QED) is 0.293. The lowest BCUT2D eigenvalue weighted by molar-refractivity contribution is -0.133. The van der Waals surface area contributed by atoms with Crippen molar-refractivity contribution >= 4 is 54.2 Å². The summed E-state index contributed by atoms with van der Waals surface area (Å²) in [6, 6.07) is 9.71. The maximum atomic E-state index is 13.2. The fraction of sp³-hybridized carbons (Fsp3) is 0.484. The Balaban J connectivity index is 1.09. The highest BCUT2D eigenvalue weighted by Crippen LogP contribution is 2.33. The Kier molecular flexibility index (Phi) is 9.18. The van der Waals surface area contributed by atoms with E-state index in [9.17, 15) is 31.6 Å². The topological polar surface area (TPSA) is 127 Å². The molecule has 2 saturated heterocycles. The number of fused-ring (bicyclic) bond motifs is 2. The first-order chi connectivity index (χ1) is 22.3. The molecule has 1 N–H and O–H groups in total. The molecule has 16 heteroatoms. The minimum Gasteiger partial charge on any atom is -0.367 e. The number of rotatable bonds is 8. The number of aromatic nitrogens is 3. The minimum atomic E-state index is -4.28.